The molecule has 0 saturated carbocycles. The molecule has 1 aromatic rings. The van der Waals surface area contributed by atoms with Gasteiger partial charge in [-0.15, -0.1) is 0 Å². The number of anilines is 1. The lowest BCUT2D eigenvalue weighted by Crippen LogP contribution is -2.27. The molecule has 0 aliphatic rings. The maximum Gasteiger partial charge on any atom is 0.316 e. The van der Waals surface area contributed by atoms with Crippen LogP contribution in [0, 0.1) is 20.8 Å². The summed E-state index contributed by atoms with van der Waals surface area (Å²) in [6.07, 6.45) is 0. The number of carboxylic acid groups (broad SMARTS) is 1. The maximum absolute atomic E-state index is 12.1. The average molecular weight is 281 g/mol. The molecule has 0 heterocycles. The first-order valence-electron chi connectivity index (χ1n) is 5.99. The lowest BCUT2D eigenvalue weighted by atomic mass is 10.0. The van der Waals surface area contributed by atoms with E-state index in [9.17, 15) is 9.59 Å². The molecular weight excluding hydrogens is 262 g/mol. The van der Waals surface area contributed by atoms with Crippen molar-refractivity contribution < 1.29 is 14.7 Å². The van der Waals surface area contributed by atoms with Gasteiger partial charge in [-0.2, -0.15) is 0 Å². The summed E-state index contributed by atoms with van der Waals surface area (Å²) in [5.74, 6) is -0.982. The number of hydrogen-bond acceptors (Lipinski definition) is 3. The second kappa shape index (κ2) is 6.10. The molecule has 5 heteroatoms. The summed E-state index contributed by atoms with van der Waals surface area (Å²) < 4.78 is 0. The second-order valence-electron chi connectivity index (χ2n) is 4.67. The van der Waals surface area contributed by atoms with E-state index in [2.05, 4.69) is 0 Å². The van der Waals surface area contributed by atoms with Crippen LogP contribution in [0.15, 0.2) is 12.1 Å². The van der Waals surface area contributed by atoms with Crippen LogP contribution in [0.4, 0.5) is 10.5 Å². The molecule has 1 amide bonds. The van der Waals surface area contributed by atoms with Crippen LogP contribution in [0.3, 0.4) is 0 Å². The molecule has 1 N–H and O–H groups in total. The number of hydrogen-bond donors (Lipinski definition) is 1. The van der Waals surface area contributed by atoms with E-state index in [1.54, 1.807) is 7.05 Å². The van der Waals surface area contributed by atoms with E-state index >= 15 is 0 Å². The van der Waals surface area contributed by atoms with Crippen LogP contribution in [0.5, 0.6) is 0 Å². The molecule has 0 saturated heterocycles. The van der Waals surface area contributed by atoms with Gasteiger partial charge in [0.15, 0.2) is 0 Å². The summed E-state index contributed by atoms with van der Waals surface area (Å²) in [7, 11) is 1.68. The maximum atomic E-state index is 12.1. The highest BCUT2D eigenvalue weighted by molar-refractivity contribution is 8.14. The molecule has 4 nitrogen and oxygen atoms in total. The van der Waals surface area contributed by atoms with Crippen molar-refractivity contribution in [1.82, 2.24) is 0 Å². The van der Waals surface area contributed by atoms with Crippen LogP contribution in [-0.2, 0) is 4.79 Å². The van der Waals surface area contributed by atoms with Crippen molar-refractivity contribution in [2.75, 3.05) is 11.9 Å². The van der Waals surface area contributed by atoms with E-state index in [-0.39, 0.29) is 5.24 Å². The Balaban J connectivity index is 2.98. The zero-order valence-corrected chi connectivity index (χ0v) is 12.7. The smallest absolute Gasteiger partial charge is 0.316 e. The Morgan fingerprint density at radius 2 is 1.68 bits per heavy atom. The van der Waals surface area contributed by atoms with Crippen molar-refractivity contribution >= 4 is 28.7 Å². The van der Waals surface area contributed by atoms with Crippen LogP contribution in [0.1, 0.15) is 23.6 Å². The highest BCUT2D eigenvalue weighted by Gasteiger charge is 2.22. The Hall–Kier alpha value is -1.49. The number of thioether (sulfide) groups is 1. The number of nitrogens with zero attached hydrogens (tertiary/aromatic N) is 1. The third-order valence-electron chi connectivity index (χ3n) is 2.87. The van der Waals surface area contributed by atoms with Gasteiger partial charge < -0.3 is 10.0 Å². The van der Waals surface area contributed by atoms with Crippen molar-refractivity contribution in [1.29, 1.82) is 0 Å². The third kappa shape index (κ3) is 3.73. The minimum Gasteiger partial charge on any atom is -0.480 e. The molecule has 19 heavy (non-hydrogen) atoms. The zero-order valence-electron chi connectivity index (χ0n) is 11.9. The van der Waals surface area contributed by atoms with E-state index in [1.165, 1.54) is 11.8 Å². The van der Waals surface area contributed by atoms with E-state index in [0.717, 1.165) is 34.1 Å². The summed E-state index contributed by atoms with van der Waals surface area (Å²) in [4.78, 5) is 24.4. The van der Waals surface area contributed by atoms with Gasteiger partial charge in [0, 0.05) is 12.7 Å². The molecule has 0 radical (unpaired) electrons. The molecule has 0 aromatic heterocycles. The molecule has 1 aromatic carbocycles. The summed E-state index contributed by atoms with van der Waals surface area (Å²) in [5, 5.41) is 7.83. The molecule has 104 valence electrons. The fourth-order valence-corrected chi connectivity index (χ4v) is 2.73. The van der Waals surface area contributed by atoms with Gasteiger partial charge in [0.25, 0.3) is 5.24 Å². The van der Waals surface area contributed by atoms with Crippen LogP contribution in [0.2, 0.25) is 0 Å². The van der Waals surface area contributed by atoms with Crippen LogP contribution in [0.25, 0.3) is 0 Å². The first kappa shape index (κ1) is 15.6. The first-order chi connectivity index (χ1) is 8.73. The SMILES string of the molecule is Cc1cc(C)c(N(C)C(=O)SC(C)C(=O)O)c(C)c1. The van der Waals surface area contributed by atoms with E-state index in [0.29, 0.717) is 0 Å². The molecule has 0 aliphatic carbocycles. The Bertz CT molecular complexity index is 490. The van der Waals surface area contributed by atoms with Crippen LogP contribution < -0.4 is 4.90 Å². The fourth-order valence-electron chi connectivity index (χ4n) is 2.07. The van der Waals surface area contributed by atoms with Gasteiger partial charge in [0.05, 0.1) is 0 Å². The Labute approximate surface area is 117 Å². The predicted molar refractivity (Wildman–Crippen MR) is 79.1 cm³/mol. The van der Waals surface area contributed by atoms with Crippen molar-refractivity contribution in [3.05, 3.63) is 28.8 Å². The Kier molecular flexibility index (Phi) is 5.00. The first-order valence-corrected chi connectivity index (χ1v) is 6.87. The van der Waals surface area contributed by atoms with Gasteiger partial charge in [-0.3, -0.25) is 9.59 Å². The Morgan fingerprint density at radius 3 is 2.11 bits per heavy atom. The number of aliphatic carboxylic acids is 1. The van der Waals surface area contributed by atoms with Crippen LogP contribution in [-0.4, -0.2) is 28.6 Å². The lowest BCUT2D eigenvalue weighted by molar-refractivity contribution is -0.136. The number of carbonyl (C=O) groups is 2. The molecule has 0 aliphatic heterocycles. The van der Waals surface area contributed by atoms with E-state index < -0.39 is 11.2 Å². The van der Waals surface area contributed by atoms with Gasteiger partial charge in [-0.05, 0) is 50.6 Å². The van der Waals surface area contributed by atoms with Gasteiger partial charge in [0.1, 0.15) is 5.25 Å². The number of carboxylic acids is 1. The Morgan fingerprint density at radius 1 is 1.21 bits per heavy atom. The number of carbonyl (C=O) groups excluding carboxylic acids is 1. The monoisotopic (exact) mass is 281 g/mol. The van der Waals surface area contributed by atoms with Crippen molar-refractivity contribution in [3.8, 4) is 0 Å². The summed E-state index contributed by atoms with van der Waals surface area (Å²) in [6, 6.07) is 4.02. The highest BCUT2D eigenvalue weighted by atomic mass is 32.2. The third-order valence-corrected chi connectivity index (χ3v) is 3.90. The quantitative estimate of drug-likeness (QED) is 0.922. The lowest BCUT2D eigenvalue weighted by Gasteiger charge is -2.22. The fraction of sp³-hybridized carbons (Fsp3) is 0.429. The minimum absolute atomic E-state index is 0.259. The normalized spacial score (nSPS) is 12.1. The van der Waals surface area contributed by atoms with Gasteiger partial charge in [-0.1, -0.05) is 17.7 Å². The number of aryl methyl sites for hydroxylation is 3. The van der Waals surface area contributed by atoms with E-state index in [4.69, 9.17) is 5.11 Å². The summed E-state index contributed by atoms with van der Waals surface area (Å²) in [6.45, 7) is 7.41. The van der Waals surface area contributed by atoms with Gasteiger partial charge >= 0.3 is 5.97 Å². The van der Waals surface area contributed by atoms with Crippen molar-refractivity contribution in [3.63, 3.8) is 0 Å². The second-order valence-corrected chi connectivity index (χ2v) is 5.96. The molecule has 1 atom stereocenters. The van der Waals surface area contributed by atoms with Gasteiger partial charge in [0.2, 0.25) is 0 Å². The van der Waals surface area contributed by atoms with Crippen molar-refractivity contribution in [2.24, 2.45) is 0 Å². The largest absolute Gasteiger partial charge is 0.480 e. The van der Waals surface area contributed by atoms with Gasteiger partial charge in [-0.25, -0.2) is 0 Å². The predicted octanol–water partition coefficient (Wildman–Crippen LogP) is 3.37. The summed E-state index contributed by atoms with van der Waals surface area (Å²) in [5.41, 5.74) is 4.01. The number of rotatable bonds is 3. The number of benzene rings is 1. The number of amides is 1. The molecule has 1 unspecified atom stereocenters. The molecular formula is C14H19NO3S. The molecule has 0 bridgehead atoms. The summed E-state index contributed by atoms with van der Waals surface area (Å²) >= 11 is 0.820. The molecule has 0 fully saturated rings. The minimum atomic E-state index is -0.982. The molecule has 0 spiro atoms. The van der Waals surface area contributed by atoms with Crippen molar-refractivity contribution in [2.45, 2.75) is 32.9 Å². The molecule has 1 rings (SSSR count). The van der Waals surface area contributed by atoms with E-state index in [1.807, 2.05) is 32.9 Å². The highest BCUT2D eigenvalue weighted by Crippen LogP contribution is 2.28. The standard InChI is InChI=1S/C14H19NO3S/c1-8-6-9(2)12(10(3)7-8)15(5)14(18)19-11(4)13(16)17/h6-7,11H,1-5H3,(H,16,17). The average Bonchev–Trinajstić information content (AvgIpc) is 2.26. The van der Waals surface area contributed by atoms with Crippen LogP contribution >= 0.6 is 11.8 Å². The topological polar surface area (TPSA) is 57.6 Å². The zero-order chi connectivity index (χ0) is 14.7.